The molecule has 0 aromatic rings. The molecule has 3 fully saturated rings. The highest BCUT2D eigenvalue weighted by Crippen LogP contribution is 2.67. The van der Waals surface area contributed by atoms with Crippen molar-refractivity contribution in [2.75, 3.05) is 6.61 Å². The lowest BCUT2D eigenvalue weighted by Crippen LogP contribution is -2.57. The summed E-state index contributed by atoms with van der Waals surface area (Å²) in [4.78, 5) is 37.7. The lowest BCUT2D eigenvalue weighted by Gasteiger charge is -2.59. The molecular formula is C27H40O4. The van der Waals surface area contributed by atoms with Crippen LogP contribution in [0.1, 0.15) is 86.0 Å². The summed E-state index contributed by atoms with van der Waals surface area (Å²) in [6.45, 7) is 11.1. The minimum absolute atomic E-state index is 0.00486. The van der Waals surface area contributed by atoms with Gasteiger partial charge in [-0.2, -0.15) is 0 Å². The van der Waals surface area contributed by atoms with E-state index in [4.69, 9.17) is 4.74 Å². The van der Waals surface area contributed by atoms with Crippen LogP contribution >= 0.6 is 0 Å². The van der Waals surface area contributed by atoms with Crippen molar-refractivity contribution in [1.82, 2.24) is 0 Å². The van der Waals surface area contributed by atoms with Crippen LogP contribution in [0.15, 0.2) is 11.6 Å². The first-order valence-electron chi connectivity index (χ1n) is 12.6. The third kappa shape index (κ3) is 3.53. The second kappa shape index (κ2) is 8.15. The largest absolute Gasteiger partial charge is 0.466 e. The van der Waals surface area contributed by atoms with E-state index in [0.717, 1.165) is 44.9 Å². The molecule has 0 aromatic carbocycles. The van der Waals surface area contributed by atoms with Gasteiger partial charge in [-0.05, 0) is 84.7 Å². The minimum atomic E-state index is -0.209. The molecule has 0 N–H and O–H groups in total. The molecule has 31 heavy (non-hydrogen) atoms. The zero-order valence-corrected chi connectivity index (χ0v) is 20.0. The quantitative estimate of drug-likeness (QED) is 0.540. The summed E-state index contributed by atoms with van der Waals surface area (Å²) in [5, 5.41) is 0. The summed E-state index contributed by atoms with van der Waals surface area (Å²) >= 11 is 0. The Bertz CT molecular complexity index is 797. The van der Waals surface area contributed by atoms with Gasteiger partial charge in [0.25, 0.3) is 0 Å². The first-order valence-corrected chi connectivity index (χ1v) is 12.6. The van der Waals surface area contributed by atoms with Crippen LogP contribution < -0.4 is 0 Å². The van der Waals surface area contributed by atoms with Gasteiger partial charge in [-0.25, -0.2) is 0 Å². The molecule has 4 heteroatoms. The molecule has 0 aliphatic heterocycles. The molecule has 4 aliphatic rings. The van der Waals surface area contributed by atoms with Gasteiger partial charge in [0.15, 0.2) is 5.78 Å². The number of ether oxygens (including phenoxy) is 1. The molecule has 172 valence electrons. The van der Waals surface area contributed by atoms with Crippen molar-refractivity contribution in [2.24, 2.45) is 46.3 Å². The summed E-state index contributed by atoms with van der Waals surface area (Å²) in [5.41, 5.74) is 1.29. The minimum Gasteiger partial charge on any atom is -0.466 e. The average molecular weight is 429 g/mol. The van der Waals surface area contributed by atoms with E-state index >= 15 is 0 Å². The van der Waals surface area contributed by atoms with E-state index in [0.29, 0.717) is 42.5 Å². The van der Waals surface area contributed by atoms with Crippen molar-refractivity contribution in [3.63, 3.8) is 0 Å². The van der Waals surface area contributed by atoms with E-state index in [1.807, 2.05) is 6.08 Å². The van der Waals surface area contributed by atoms with E-state index in [2.05, 4.69) is 27.7 Å². The maximum atomic E-state index is 14.0. The van der Waals surface area contributed by atoms with Gasteiger partial charge in [0, 0.05) is 25.2 Å². The van der Waals surface area contributed by atoms with Crippen LogP contribution in [-0.4, -0.2) is 24.1 Å². The van der Waals surface area contributed by atoms with Gasteiger partial charge in [0.2, 0.25) is 0 Å². The average Bonchev–Trinajstić information content (AvgIpc) is 3.07. The highest BCUT2D eigenvalue weighted by atomic mass is 16.5. The molecule has 4 nitrogen and oxygen atoms in total. The Morgan fingerprint density at radius 2 is 1.90 bits per heavy atom. The van der Waals surface area contributed by atoms with Crippen molar-refractivity contribution in [3.05, 3.63) is 11.6 Å². The van der Waals surface area contributed by atoms with Crippen LogP contribution in [0, 0.1) is 46.3 Å². The standard InChI is InChI=1S/C27H40O4/c1-6-7-19-23-14-18(29)10-12-27(23,5)22-11-13-26(4)20(16(2)15-31-17(3)28)8-9-21(26)24(22)25(19)30/h14,16,19-22,24H,6-13,15H2,1-5H3/t16-,19+,20-,21?,22?,24?,26-,27-/m1/s1. The molecule has 0 aromatic heterocycles. The number of hydrogen-bond donors (Lipinski definition) is 0. The molecule has 0 amide bonds. The molecule has 0 heterocycles. The topological polar surface area (TPSA) is 60.4 Å². The van der Waals surface area contributed by atoms with Gasteiger partial charge in [0.1, 0.15) is 5.78 Å². The lowest BCUT2D eigenvalue weighted by molar-refractivity contribution is -0.148. The van der Waals surface area contributed by atoms with Crippen molar-refractivity contribution < 1.29 is 19.1 Å². The Labute approximate surface area is 187 Å². The van der Waals surface area contributed by atoms with Gasteiger partial charge >= 0.3 is 5.97 Å². The third-order valence-electron chi connectivity index (χ3n) is 9.89. The summed E-state index contributed by atoms with van der Waals surface area (Å²) < 4.78 is 5.37. The second-order valence-corrected chi connectivity index (χ2v) is 11.5. The fourth-order valence-corrected chi connectivity index (χ4v) is 8.40. The molecular weight excluding hydrogens is 388 g/mol. The summed E-state index contributed by atoms with van der Waals surface area (Å²) in [6, 6.07) is 0. The highest BCUT2D eigenvalue weighted by Gasteiger charge is 2.63. The zero-order valence-electron chi connectivity index (χ0n) is 20.0. The number of Topliss-reactive ketones (excluding diaryl/α,β-unsaturated/α-hetero) is 1. The normalized spacial score (nSPS) is 42.9. The van der Waals surface area contributed by atoms with Gasteiger partial charge in [0.05, 0.1) is 6.61 Å². The molecule has 3 saturated carbocycles. The van der Waals surface area contributed by atoms with Gasteiger partial charge in [-0.3, -0.25) is 14.4 Å². The second-order valence-electron chi connectivity index (χ2n) is 11.5. The Balaban J connectivity index is 1.67. The van der Waals surface area contributed by atoms with Gasteiger partial charge in [-0.1, -0.05) is 34.1 Å². The maximum absolute atomic E-state index is 14.0. The number of ketones is 2. The summed E-state index contributed by atoms with van der Waals surface area (Å²) in [6.07, 6.45) is 9.66. The molecule has 4 aliphatic carbocycles. The fourth-order valence-electron chi connectivity index (χ4n) is 8.40. The van der Waals surface area contributed by atoms with Crippen molar-refractivity contribution in [1.29, 1.82) is 0 Å². The maximum Gasteiger partial charge on any atom is 0.302 e. The lowest BCUT2D eigenvalue weighted by atomic mass is 9.44. The Kier molecular flexibility index (Phi) is 5.98. The molecule has 0 saturated heterocycles. The predicted molar refractivity (Wildman–Crippen MR) is 120 cm³/mol. The van der Waals surface area contributed by atoms with Gasteiger partial charge < -0.3 is 4.74 Å². The number of carbonyl (C=O) groups is 3. The van der Waals surface area contributed by atoms with Crippen LogP contribution in [-0.2, 0) is 19.1 Å². The number of esters is 1. The van der Waals surface area contributed by atoms with E-state index in [1.165, 1.54) is 12.5 Å². The SMILES string of the molecule is CCC[C@@H]1C(=O)C2C(CC[C@@]3(C)C2CC[C@@H]3[C@H](C)COC(C)=O)[C@@]2(C)CCC(=O)C=C12. The molecule has 0 radical (unpaired) electrons. The first-order chi connectivity index (χ1) is 14.6. The summed E-state index contributed by atoms with van der Waals surface area (Å²) in [5.74, 6) is 2.07. The molecule has 4 rings (SSSR count). The zero-order chi connectivity index (χ0) is 22.6. The van der Waals surface area contributed by atoms with Crippen LogP contribution in [0.2, 0.25) is 0 Å². The van der Waals surface area contributed by atoms with Crippen molar-refractivity contribution in [3.8, 4) is 0 Å². The fraction of sp³-hybridized carbons (Fsp3) is 0.815. The molecule has 0 spiro atoms. The Hall–Kier alpha value is -1.45. The van der Waals surface area contributed by atoms with Crippen molar-refractivity contribution in [2.45, 2.75) is 86.0 Å². The Morgan fingerprint density at radius 3 is 2.58 bits per heavy atom. The van der Waals surface area contributed by atoms with E-state index in [1.54, 1.807) is 0 Å². The van der Waals surface area contributed by atoms with Crippen LogP contribution in [0.25, 0.3) is 0 Å². The van der Waals surface area contributed by atoms with E-state index in [9.17, 15) is 14.4 Å². The van der Waals surface area contributed by atoms with Crippen LogP contribution in [0.4, 0.5) is 0 Å². The number of hydrogen-bond acceptors (Lipinski definition) is 4. The van der Waals surface area contributed by atoms with Gasteiger partial charge in [-0.15, -0.1) is 0 Å². The summed E-state index contributed by atoms with van der Waals surface area (Å²) in [7, 11) is 0. The molecule has 0 bridgehead atoms. The van der Waals surface area contributed by atoms with E-state index in [-0.39, 0.29) is 34.4 Å². The number of carbonyl (C=O) groups excluding carboxylic acids is 3. The monoisotopic (exact) mass is 428 g/mol. The number of fused-ring (bicyclic) bond motifs is 5. The Morgan fingerprint density at radius 1 is 1.16 bits per heavy atom. The van der Waals surface area contributed by atoms with Crippen molar-refractivity contribution >= 4 is 17.5 Å². The van der Waals surface area contributed by atoms with E-state index < -0.39 is 0 Å². The predicted octanol–water partition coefficient (Wildman–Crippen LogP) is 5.54. The highest BCUT2D eigenvalue weighted by molar-refractivity contribution is 5.96. The van der Waals surface area contributed by atoms with Crippen LogP contribution in [0.3, 0.4) is 0 Å². The number of allylic oxidation sites excluding steroid dienone is 1. The van der Waals surface area contributed by atoms with Crippen LogP contribution in [0.5, 0.6) is 0 Å². The third-order valence-corrected chi connectivity index (χ3v) is 9.89. The molecule has 8 atom stereocenters. The number of rotatable bonds is 5. The first kappa shape index (κ1) is 22.7. The molecule has 3 unspecified atom stereocenters. The smallest absolute Gasteiger partial charge is 0.302 e.